The first-order chi connectivity index (χ1) is 12.4. The molecule has 27 heavy (non-hydrogen) atoms. The number of ether oxygens (including phenoxy) is 1. The SMILES string of the molecule is CCOP(=O)(OCC)C1=C(C(F)(F)C(F)(F)F)Oc2ccc(Cl)cc2C1O. The van der Waals surface area contributed by atoms with Gasteiger partial charge in [0.25, 0.3) is 0 Å². The van der Waals surface area contributed by atoms with Crippen molar-refractivity contribution >= 4 is 19.2 Å². The zero-order valence-electron chi connectivity index (χ0n) is 14.0. The van der Waals surface area contributed by atoms with E-state index in [4.69, 9.17) is 25.4 Å². The first-order valence-corrected chi connectivity index (χ1v) is 9.55. The Morgan fingerprint density at radius 3 is 2.22 bits per heavy atom. The van der Waals surface area contributed by atoms with Crippen molar-refractivity contribution in [3.63, 3.8) is 0 Å². The number of alkyl halides is 5. The molecule has 1 unspecified atom stereocenters. The number of hydrogen-bond acceptors (Lipinski definition) is 5. The van der Waals surface area contributed by atoms with Gasteiger partial charge >= 0.3 is 19.7 Å². The molecule has 1 aliphatic heterocycles. The molecule has 0 bridgehead atoms. The summed E-state index contributed by atoms with van der Waals surface area (Å²) in [6.45, 7) is 1.96. The van der Waals surface area contributed by atoms with Crippen LogP contribution in [0.3, 0.4) is 0 Å². The second-order valence-corrected chi connectivity index (χ2v) is 7.74. The van der Waals surface area contributed by atoms with Gasteiger partial charge in [-0.1, -0.05) is 11.6 Å². The zero-order valence-corrected chi connectivity index (χ0v) is 15.7. The van der Waals surface area contributed by atoms with Crippen molar-refractivity contribution < 1.29 is 45.4 Å². The number of fused-ring (bicyclic) bond motifs is 1. The largest absolute Gasteiger partial charge is 0.461 e. The van der Waals surface area contributed by atoms with Crippen LogP contribution in [0.15, 0.2) is 29.3 Å². The molecule has 12 heteroatoms. The second kappa shape index (κ2) is 7.67. The number of aliphatic hydroxyl groups is 1. The average Bonchev–Trinajstić information content (AvgIpc) is 2.54. The molecule has 1 N–H and O–H groups in total. The highest BCUT2D eigenvalue weighted by atomic mass is 35.5. The third-order valence-electron chi connectivity index (χ3n) is 3.50. The molecular formula is C15H15ClF5O5P. The molecule has 1 aromatic carbocycles. The Labute approximate surface area is 156 Å². The molecule has 2 rings (SSSR count). The molecule has 0 fully saturated rings. The molecule has 1 atom stereocenters. The lowest BCUT2D eigenvalue weighted by Crippen LogP contribution is -2.42. The van der Waals surface area contributed by atoms with Crippen molar-refractivity contribution in [3.05, 3.63) is 39.9 Å². The van der Waals surface area contributed by atoms with Crippen molar-refractivity contribution in [2.75, 3.05) is 13.2 Å². The van der Waals surface area contributed by atoms with E-state index in [9.17, 15) is 31.6 Å². The minimum Gasteiger partial charge on any atom is -0.454 e. The maximum atomic E-state index is 14.1. The average molecular weight is 437 g/mol. The van der Waals surface area contributed by atoms with Gasteiger partial charge in [-0.3, -0.25) is 4.57 Å². The number of rotatable bonds is 6. The Bertz CT molecular complexity index is 785. The number of allylic oxidation sites excluding steroid dienone is 1. The minimum atomic E-state index is -6.08. The van der Waals surface area contributed by atoms with Gasteiger partial charge < -0.3 is 18.9 Å². The fraction of sp³-hybridized carbons (Fsp3) is 0.467. The number of aliphatic hydroxyl groups excluding tert-OH is 1. The maximum Gasteiger partial charge on any atom is 0.461 e. The smallest absolute Gasteiger partial charge is 0.454 e. The topological polar surface area (TPSA) is 65.0 Å². The van der Waals surface area contributed by atoms with Gasteiger partial charge in [0.2, 0.25) is 0 Å². The lowest BCUT2D eigenvalue weighted by atomic mass is 10.0. The van der Waals surface area contributed by atoms with E-state index < -0.39 is 42.6 Å². The van der Waals surface area contributed by atoms with Crippen LogP contribution in [0.2, 0.25) is 5.02 Å². The van der Waals surface area contributed by atoms with Crippen LogP contribution in [0.25, 0.3) is 0 Å². The molecule has 0 spiro atoms. The van der Waals surface area contributed by atoms with Crippen LogP contribution in [0.5, 0.6) is 5.75 Å². The molecule has 1 aliphatic rings. The molecule has 0 aromatic heterocycles. The highest BCUT2D eigenvalue weighted by Crippen LogP contribution is 2.65. The second-order valence-electron chi connectivity index (χ2n) is 5.31. The molecule has 0 saturated carbocycles. The minimum absolute atomic E-state index is 0.0458. The standard InChI is InChI=1S/C15H15ClF5O5P/c1-3-24-27(23,25-4-2)12-11(22)9-7-8(16)5-6-10(9)26-13(12)14(17,18)15(19,20)21/h5-7,11,22H,3-4H2,1-2H3. The van der Waals surface area contributed by atoms with E-state index in [1.54, 1.807) is 0 Å². The molecule has 5 nitrogen and oxygen atoms in total. The summed E-state index contributed by atoms with van der Waals surface area (Å²) in [5, 5.41) is 9.23. The number of hydrogen-bond donors (Lipinski definition) is 1. The third-order valence-corrected chi connectivity index (χ3v) is 5.97. The first-order valence-electron chi connectivity index (χ1n) is 7.63. The summed E-state index contributed by atoms with van der Waals surface area (Å²) in [6.07, 6.45) is -8.26. The van der Waals surface area contributed by atoms with Gasteiger partial charge in [0.1, 0.15) is 17.2 Å². The van der Waals surface area contributed by atoms with E-state index in [0.29, 0.717) is 0 Å². The van der Waals surface area contributed by atoms with Crippen LogP contribution in [0.4, 0.5) is 22.0 Å². The molecule has 0 amide bonds. The summed E-state index contributed by atoms with van der Waals surface area (Å²) < 4.78 is 94.7. The normalized spacial score (nSPS) is 18.3. The van der Waals surface area contributed by atoms with Crippen LogP contribution < -0.4 is 4.74 Å². The predicted octanol–water partition coefficient (Wildman–Crippen LogP) is 5.44. The zero-order chi connectivity index (χ0) is 20.6. The Hall–Kier alpha value is -1.19. The van der Waals surface area contributed by atoms with E-state index in [1.165, 1.54) is 19.9 Å². The van der Waals surface area contributed by atoms with E-state index in [2.05, 4.69) is 0 Å². The maximum absolute atomic E-state index is 14.1. The Kier molecular flexibility index (Phi) is 6.28. The summed E-state index contributed by atoms with van der Waals surface area (Å²) >= 11 is 5.78. The fourth-order valence-corrected chi connectivity index (χ4v) is 4.49. The van der Waals surface area contributed by atoms with Crippen LogP contribution in [-0.2, 0) is 13.6 Å². The van der Waals surface area contributed by atoms with Crippen LogP contribution in [-0.4, -0.2) is 30.4 Å². The van der Waals surface area contributed by atoms with E-state index in [0.717, 1.165) is 12.1 Å². The molecule has 0 saturated heterocycles. The van der Waals surface area contributed by atoms with Gasteiger partial charge in [0.15, 0.2) is 5.76 Å². The van der Waals surface area contributed by atoms with Crippen molar-refractivity contribution in [3.8, 4) is 5.75 Å². The van der Waals surface area contributed by atoms with Gasteiger partial charge in [-0.15, -0.1) is 0 Å². The summed E-state index contributed by atoms with van der Waals surface area (Å²) in [5.41, 5.74) is -0.251. The number of halogens is 6. The van der Waals surface area contributed by atoms with E-state index in [1.807, 2.05) is 0 Å². The summed E-state index contributed by atoms with van der Waals surface area (Å²) in [6, 6.07) is 3.27. The van der Waals surface area contributed by atoms with E-state index in [-0.39, 0.29) is 23.8 Å². The predicted molar refractivity (Wildman–Crippen MR) is 85.9 cm³/mol. The van der Waals surface area contributed by atoms with Crippen molar-refractivity contribution in [2.45, 2.75) is 32.1 Å². The van der Waals surface area contributed by atoms with Crippen molar-refractivity contribution in [1.29, 1.82) is 0 Å². The van der Waals surface area contributed by atoms with Gasteiger partial charge in [0.05, 0.1) is 13.2 Å². The summed E-state index contributed by atoms with van der Waals surface area (Å²) in [7, 11) is -4.76. The molecule has 152 valence electrons. The molecular weight excluding hydrogens is 422 g/mol. The summed E-state index contributed by atoms with van der Waals surface area (Å²) in [5.74, 6) is -8.10. The van der Waals surface area contributed by atoms with Gasteiger partial charge in [-0.2, -0.15) is 22.0 Å². The third kappa shape index (κ3) is 4.00. The van der Waals surface area contributed by atoms with Gasteiger partial charge in [-0.25, -0.2) is 0 Å². The van der Waals surface area contributed by atoms with Crippen LogP contribution >= 0.6 is 19.2 Å². The quantitative estimate of drug-likeness (QED) is 0.475. The Balaban J connectivity index is 2.80. The highest BCUT2D eigenvalue weighted by molar-refractivity contribution is 7.58. The monoisotopic (exact) mass is 436 g/mol. The molecule has 1 aromatic rings. The first kappa shape index (κ1) is 22.1. The van der Waals surface area contributed by atoms with Crippen LogP contribution in [0.1, 0.15) is 25.5 Å². The van der Waals surface area contributed by atoms with Crippen LogP contribution in [0, 0.1) is 0 Å². The Morgan fingerprint density at radius 2 is 1.74 bits per heavy atom. The number of benzene rings is 1. The van der Waals surface area contributed by atoms with Gasteiger partial charge in [-0.05, 0) is 32.0 Å². The highest BCUT2D eigenvalue weighted by Gasteiger charge is 2.65. The van der Waals surface area contributed by atoms with Crippen molar-refractivity contribution in [2.24, 2.45) is 0 Å². The lowest BCUT2D eigenvalue weighted by molar-refractivity contribution is -0.273. The van der Waals surface area contributed by atoms with E-state index >= 15 is 0 Å². The summed E-state index contributed by atoms with van der Waals surface area (Å²) in [4.78, 5) is 0. The van der Waals surface area contributed by atoms with Gasteiger partial charge in [0, 0.05) is 10.6 Å². The fourth-order valence-electron chi connectivity index (χ4n) is 2.40. The molecule has 0 radical (unpaired) electrons. The molecule has 1 heterocycles. The lowest BCUT2D eigenvalue weighted by Gasteiger charge is -2.34. The molecule has 0 aliphatic carbocycles. The van der Waals surface area contributed by atoms with Crippen molar-refractivity contribution in [1.82, 2.24) is 0 Å². The Morgan fingerprint density at radius 1 is 1.19 bits per heavy atom.